The van der Waals surface area contributed by atoms with Gasteiger partial charge in [-0.2, -0.15) is 0 Å². The Hall–Kier alpha value is -1.69. The van der Waals surface area contributed by atoms with Crippen LogP contribution in [0.4, 0.5) is 0 Å². The number of hydrogen-bond acceptors (Lipinski definition) is 4. The highest BCUT2D eigenvalue weighted by atomic mass is 35.5. The Kier molecular flexibility index (Phi) is 5.50. The van der Waals surface area contributed by atoms with Gasteiger partial charge >= 0.3 is 0 Å². The molecule has 0 aliphatic carbocycles. The van der Waals surface area contributed by atoms with Gasteiger partial charge in [-0.15, -0.1) is 0 Å². The summed E-state index contributed by atoms with van der Waals surface area (Å²) in [5, 5.41) is 13.1. The summed E-state index contributed by atoms with van der Waals surface area (Å²) in [5.41, 5.74) is 0. The zero-order valence-electron chi connectivity index (χ0n) is 10.9. The van der Waals surface area contributed by atoms with Gasteiger partial charge in [-0.1, -0.05) is 23.2 Å². The molecule has 1 unspecified atom stereocenters. The second kappa shape index (κ2) is 7.36. The van der Waals surface area contributed by atoms with Crippen LogP contribution in [0, 0.1) is 0 Å². The van der Waals surface area contributed by atoms with E-state index in [9.17, 15) is 9.90 Å². The molecule has 0 bridgehead atoms. The first kappa shape index (κ1) is 15.7. The van der Waals surface area contributed by atoms with E-state index in [1.807, 2.05) is 0 Å². The van der Waals surface area contributed by atoms with E-state index >= 15 is 0 Å². The third-order valence-electron chi connectivity index (χ3n) is 2.62. The number of carbonyl (C=O) groups excluding carboxylic acids is 1. The van der Waals surface area contributed by atoms with Crippen molar-refractivity contribution in [3.05, 3.63) is 52.4 Å². The lowest BCUT2D eigenvalue weighted by Crippen LogP contribution is -2.32. The Labute approximate surface area is 131 Å². The van der Waals surface area contributed by atoms with E-state index in [2.05, 4.69) is 5.32 Å². The Morgan fingerprint density at radius 2 is 2.19 bits per heavy atom. The molecule has 7 heteroatoms. The summed E-state index contributed by atoms with van der Waals surface area (Å²) < 4.78 is 10.3. The SMILES string of the molecule is O=C(COc1cc(Cl)ccc1Cl)NCC(O)c1ccco1. The first-order chi connectivity index (χ1) is 10.1. The van der Waals surface area contributed by atoms with Gasteiger partial charge in [0.1, 0.15) is 17.6 Å². The highest BCUT2D eigenvalue weighted by Crippen LogP contribution is 2.27. The van der Waals surface area contributed by atoms with Crippen LogP contribution in [0.25, 0.3) is 0 Å². The van der Waals surface area contributed by atoms with Crippen molar-refractivity contribution in [2.75, 3.05) is 13.2 Å². The highest BCUT2D eigenvalue weighted by molar-refractivity contribution is 6.34. The van der Waals surface area contributed by atoms with Crippen molar-refractivity contribution >= 4 is 29.1 Å². The number of aliphatic hydroxyl groups excluding tert-OH is 1. The van der Waals surface area contributed by atoms with Crippen molar-refractivity contribution in [1.82, 2.24) is 5.32 Å². The Bertz CT molecular complexity index is 601. The van der Waals surface area contributed by atoms with Gasteiger partial charge in [-0.3, -0.25) is 4.79 Å². The molecule has 0 aliphatic heterocycles. The fraction of sp³-hybridized carbons (Fsp3) is 0.214. The summed E-state index contributed by atoms with van der Waals surface area (Å²) in [5.74, 6) is 0.316. The number of hydrogen-bond donors (Lipinski definition) is 2. The fourth-order valence-electron chi connectivity index (χ4n) is 1.57. The van der Waals surface area contributed by atoms with E-state index in [4.69, 9.17) is 32.4 Å². The number of furan rings is 1. The average molecular weight is 330 g/mol. The molecule has 1 amide bonds. The van der Waals surface area contributed by atoms with Gasteiger partial charge < -0.3 is 19.6 Å². The van der Waals surface area contributed by atoms with E-state index < -0.39 is 12.0 Å². The van der Waals surface area contributed by atoms with Gasteiger partial charge in [0, 0.05) is 11.1 Å². The molecule has 0 spiro atoms. The molecule has 2 aromatic rings. The number of halogens is 2. The summed E-state index contributed by atoms with van der Waals surface area (Å²) in [6, 6.07) is 8.01. The van der Waals surface area contributed by atoms with E-state index in [1.54, 1.807) is 24.3 Å². The zero-order chi connectivity index (χ0) is 15.2. The molecule has 0 radical (unpaired) electrons. The second-order valence-corrected chi connectivity index (χ2v) is 5.04. The van der Waals surface area contributed by atoms with Gasteiger partial charge in [-0.25, -0.2) is 0 Å². The quantitative estimate of drug-likeness (QED) is 0.854. The van der Waals surface area contributed by atoms with E-state index in [1.165, 1.54) is 12.3 Å². The lowest BCUT2D eigenvalue weighted by atomic mass is 10.3. The van der Waals surface area contributed by atoms with E-state index in [0.717, 1.165) is 0 Å². The summed E-state index contributed by atoms with van der Waals surface area (Å²) in [7, 11) is 0. The maximum Gasteiger partial charge on any atom is 0.258 e. The molecular weight excluding hydrogens is 317 g/mol. The van der Waals surface area contributed by atoms with Crippen LogP contribution in [0.15, 0.2) is 41.0 Å². The summed E-state index contributed by atoms with van der Waals surface area (Å²) in [6.07, 6.45) is 0.545. The van der Waals surface area contributed by atoms with Crippen molar-refractivity contribution in [2.45, 2.75) is 6.10 Å². The first-order valence-corrected chi connectivity index (χ1v) is 6.88. The van der Waals surface area contributed by atoms with Gasteiger partial charge in [0.2, 0.25) is 0 Å². The van der Waals surface area contributed by atoms with Gasteiger partial charge in [0.05, 0.1) is 17.8 Å². The standard InChI is InChI=1S/C14H13Cl2NO4/c15-9-3-4-10(16)13(6-9)21-8-14(19)17-7-11(18)12-2-1-5-20-12/h1-6,11,18H,7-8H2,(H,17,19). The Morgan fingerprint density at radius 3 is 2.90 bits per heavy atom. The molecule has 0 saturated carbocycles. The maximum atomic E-state index is 11.6. The van der Waals surface area contributed by atoms with Crippen molar-refractivity contribution in [1.29, 1.82) is 0 Å². The molecular formula is C14H13Cl2NO4. The van der Waals surface area contributed by atoms with Crippen LogP contribution < -0.4 is 10.1 Å². The normalized spacial score (nSPS) is 12.0. The number of carbonyl (C=O) groups is 1. The van der Waals surface area contributed by atoms with Crippen LogP contribution >= 0.6 is 23.2 Å². The summed E-state index contributed by atoms with van der Waals surface area (Å²) in [4.78, 5) is 11.6. The number of rotatable bonds is 6. The van der Waals surface area contributed by atoms with E-state index in [-0.39, 0.29) is 13.2 Å². The van der Waals surface area contributed by atoms with Crippen LogP contribution in [0.3, 0.4) is 0 Å². The molecule has 1 atom stereocenters. The first-order valence-electron chi connectivity index (χ1n) is 6.12. The average Bonchev–Trinajstić information content (AvgIpc) is 3.00. The summed E-state index contributed by atoms with van der Waals surface area (Å²) in [6.45, 7) is -0.204. The molecule has 0 fully saturated rings. The predicted octanol–water partition coefficient (Wildman–Crippen LogP) is 2.82. The molecule has 0 saturated heterocycles. The lowest BCUT2D eigenvalue weighted by molar-refractivity contribution is -0.123. The number of nitrogens with one attached hydrogen (secondary N) is 1. The van der Waals surface area contributed by atoms with Crippen LogP contribution in [-0.2, 0) is 4.79 Å². The molecule has 5 nitrogen and oxygen atoms in total. The minimum atomic E-state index is -0.904. The number of ether oxygens (including phenoxy) is 1. The minimum Gasteiger partial charge on any atom is -0.482 e. The van der Waals surface area contributed by atoms with E-state index in [0.29, 0.717) is 21.6 Å². The predicted molar refractivity (Wildman–Crippen MR) is 78.6 cm³/mol. The molecule has 1 aromatic heterocycles. The molecule has 2 rings (SSSR count). The smallest absolute Gasteiger partial charge is 0.258 e. The lowest BCUT2D eigenvalue weighted by Gasteiger charge is -2.11. The highest BCUT2D eigenvalue weighted by Gasteiger charge is 2.12. The Morgan fingerprint density at radius 1 is 1.38 bits per heavy atom. The number of benzene rings is 1. The number of aliphatic hydroxyl groups is 1. The van der Waals surface area contributed by atoms with Gasteiger partial charge in [0.25, 0.3) is 5.91 Å². The molecule has 112 valence electrons. The van der Waals surface area contributed by atoms with Crippen LogP contribution in [0.5, 0.6) is 5.75 Å². The minimum absolute atomic E-state index is 0.0268. The molecule has 1 aromatic carbocycles. The maximum absolute atomic E-state index is 11.6. The van der Waals surface area contributed by atoms with Gasteiger partial charge in [0.15, 0.2) is 6.61 Å². The van der Waals surface area contributed by atoms with Crippen LogP contribution in [0.2, 0.25) is 10.0 Å². The summed E-state index contributed by atoms with van der Waals surface area (Å²) >= 11 is 11.7. The second-order valence-electron chi connectivity index (χ2n) is 4.20. The van der Waals surface area contributed by atoms with Crippen LogP contribution in [0.1, 0.15) is 11.9 Å². The third kappa shape index (κ3) is 4.67. The molecule has 0 aliphatic rings. The third-order valence-corrected chi connectivity index (χ3v) is 3.16. The van der Waals surface area contributed by atoms with Crippen molar-refractivity contribution < 1.29 is 19.1 Å². The number of amides is 1. The zero-order valence-corrected chi connectivity index (χ0v) is 12.4. The Balaban J connectivity index is 1.78. The molecule has 21 heavy (non-hydrogen) atoms. The van der Waals surface area contributed by atoms with Crippen molar-refractivity contribution in [2.24, 2.45) is 0 Å². The van der Waals surface area contributed by atoms with Gasteiger partial charge in [-0.05, 0) is 24.3 Å². The van der Waals surface area contributed by atoms with Crippen molar-refractivity contribution in [3.63, 3.8) is 0 Å². The topological polar surface area (TPSA) is 71.7 Å². The molecule has 2 N–H and O–H groups in total. The van der Waals surface area contributed by atoms with Crippen LogP contribution in [-0.4, -0.2) is 24.2 Å². The molecule has 1 heterocycles. The fourth-order valence-corrected chi connectivity index (χ4v) is 1.91. The van der Waals surface area contributed by atoms with Crippen molar-refractivity contribution in [3.8, 4) is 5.75 Å². The monoisotopic (exact) mass is 329 g/mol. The largest absolute Gasteiger partial charge is 0.482 e.